The normalized spacial score (nSPS) is 38.5. The molecule has 0 aromatic rings. The summed E-state index contributed by atoms with van der Waals surface area (Å²) in [6, 6.07) is -0.512. The number of rotatable bonds is 1. The van der Waals surface area contributed by atoms with Crippen LogP contribution in [0.5, 0.6) is 0 Å². The van der Waals surface area contributed by atoms with Crippen LogP contribution in [0.1, 0.15) is 26.2 Å². The Morgan fingerprint density at radius 3 is 2.64 bits per heavy atom. The lowest BCUT2D eigenvalue weighted by Crippen LogP contribution is -2.34. The zero-order chi connectivity index (χ0) is 8.43. The molecule has 3 unspecified atom stereocenters. The Bertz CT molecular complexity index is 163. The minimum Gasteiger partial charge on any atom is -0.264 e. The van der Waals surface area contributed by atoms with Gasteiger partial charge in [-0.1, -0.05) is 6.92 Å². The van der Waals surface area contributed by atoms with E-state index in [1.807, 2.05) is 0 Å². The van der Waals surface area contributed by atoms with E-state index < -0.39 is 12.2 Å². The molecule has 0 saturated heterocycles. The lowest BCUT2D eigenvalue weighted by Gasteiger charge is -2.24. The van der Waals surface area contributed by atoms with Gasteiger partial charge in [0.05, 0.1) is 0 Å². The fourth-order valence-electron chi connectivity index (χ4n) is 1.63. The van der Waals surface area contributed by atoms with E-state index in [4.69, 9.17) is 0 Å². The average molecular weight is 161 g/mol. The minimum atomic E-state index is -0.818. The van der Waals surface area contributed by atoms with Crippen molar-refractivity contribution in [3.8, 4) is 0 Å². The number of hydrogen-bond acceptors (Lipinski definition) is 2. The summed E-state index contributed by atoms with van der Waals surface area (Å²) in [7, 11) is 0. The average Bonchev–Trinajstić information content (AvgIpc) is 1.85. The molecule has 0 heterocycles. The third-order valence-electron chi connectivity index (χ3n) is 2.33. The van der Waals surface area contributed by atoms with Gasteiger partial charge in [0.15, 0.2) is 0 Å². The van der Waals surface area contributed by atoms with Crippen molar-refractivity contribution >= 4 is 0 Å². The Morgan fingerprint density at radius 1 is 1.55 bits per heavy atom. The second-order valence-corrected chi connectivity index (χ2v) is 3.24. The van der Waals surface area contributed by atoms with Crippen LogP contribution in [0.2, 0.25) is 0 Å². The lowest BCUT2D eigenvalue weighted by atomic mass is 9.85. The molecule has 0 aromatic carbocycles. The number of nitrogens with zero attached hydrogens (tertiary/aromatic N) is 1. The molecule has 64 valence electrons. The lowest BCUT2D eigenvalue weighted by molar-refractivity contribution is -0.535. The van der Waals surface area contributed by atoms with Crippen molar-refractivity contribution in [3.63, 3.8) is 0 Å². The monoisotopic (exact) mass is 161 g/mol. The maximum Gasteiger partial charge on any atom is 0.215 e. The van der Waals surface area contributed by atoms with Gasteiger partial charge >= 0.3 is 0 Å². The molecule has 0 aliphatic heterocycles. The number of hydrogen-bond donors (Lipinski definition) is 0. The zero-order valence-electron chi connectivity index (χ0n) is 6.50. The van der Waals surface area contributed by atoms with Gasteiger partial charge in [-0.05, 0) is 12.8 Å². The van der Waals surface area contributed by atoms with Crippen LogP contribution < -0.4 is 0 Å². The molecule has 1 fully saturated rings. The van der Waals surface area contributed by atoms with E-state index >= 15 is 0 Å². The van der Waals surface area contributed by atoms with Crippen LogP contribution in [0.3, 0.4) is 0 Å². The molecule has 0 N–H and O–H groups in total. The van der Waals surface area contributed by atoms with E-state index in [2.05, 4.69) is 0 Å². The molecular weight excluding hydrogens is 149 g/mol. The molecule has 0 amide bonds. The Morgan fingerprint density at radius 2 is 2.18 bits per heavy atom. The van der Waals surface area contributed by atoms with Gasteiger partial charge in [0.25, 0.3) is 0 Å². The molecular formula is C7H12FNO2. The van der Waals surface area contributed by atoms with Gasteiger partial charge in [0.1, 0.15) is 6.17 Å². The summed E-state index contributed by atoms with van der Waals surface area (Å²) in [6.07, 6.45) is 0.290. The van der Waals surface area contributed by atoms with Crippen molar-refractivity contribution in [1.82, 2.24) is 0 Å². The Labute approximate surface area is 64.7 Å². The van der Waals surface area contributed by atoms with Crippen LogP contribution >= 0.6 is 0 Å². The predicted octanol–water partition coefficient (Wildman–Crippen LogP) is 1.79. The van der Waals surface area contributed by atoms with Gasteiger partial charge < -0.3 is 0 Å². The summed E-state index contributed by atoms with van der Waals surface area (Å²) in [4.78, 5) is 10.1. The van der Waals surface area contributed by atoms with Gasteiger partial charge in [-0.25, -0.2) is 4.39 Å². The van der Waals surface area contributed by atoms with Gasteiger partial charge in [-0.15, -0.1) is 0 Å². The van der Waals surface area contributed by atoms with Crippen molar-refractivity contribution in [2.45, 2.75) is 38.4 Å². The van der Waals surface area contributed by atoms with Crippen LogP contribution in [0, 0.1) is 16.0 Å². The van der Waals surface area contributed by atoms with E-state index in [0.717, 1.165) is 0 Å². The van der Waals surface area contributed by atoms with Crippen LogP contribution in [-0.4, -0.2) is 17.1 Å². The van der Waals surface area contributed by atoms with Crippen LogP contribution in [0.15, 0.2) is 0 Å². The first-order valence-corrected chi connectivity index (χ1v) is 3.89. The van der Waals surface area contributed by atoms with Crippen molar-refractivity contribution in [2.75, 3.05) is 0 Å². The quantitative estimate of drug-likeness (QED) is 0.434. The van der Waals surface area contributed by atoms with Crippen molar-refractivity contribution in [3.05, 3.63) is 10.1 Å². The molecule has 3 nitrogen and oxygen atoms in total. The first kappa shape index (κ1) is 8.43. The molecule has 11 heavy (non-hydrogen) atoms. The highest BCUT2D eigenvalue weighted by molar-refractivity contribution is 4.76. The maximum absolute atomic E-state index is 12.6. The third-order valence-corrected chi connectivity index (χ3v) is 2.33. The summed E-state index contributed by atoms with van der Waals surface area (Å²) in [6.45, 7) is 1.75. The summed E-state index contributed by atoms with van der Waals surface area (Å²) >= 11 is 0. The number of halogens is 1. The van der Waals surface area contributed by atoms with Gasteiger partial charge in [0, 0.05) is 17.3 Å². The standard InChI is InChI=1S/C7H12FNO2/c1-5-4-6(8)2-3-7(5)9(10)11/h5-7H,2-4H2,1H3. The van der Waals surface area contributed by atoms with Gasteiger partial charge in [-0.3, -0.25) is 10.1 Å². The van der Waals surface area contributed by atoms with Crippen LogP contribution in [-0.2, 0) is 0 Å². The molecule has 1 saturated carbocycles. The second kappa shape index (κ2) is 3.15. The van der Waals surface area contributed by atoms with E-state index in [1.165, 1.54) is 0 Å². The highest BCUT2D eigenvalue weighted by atomic mass is 19.1. The summed E-state index contributed by atoms with van der Waals surface area (Å²) in [5.74, 6) is -0.103. The smallest absolute Gasteiger partial charge is 0.215 e. The summed E-state index contributed by atoms with van der Waals surface area (Å²) < 4.78 is 12.6. The Kier molecular flexibility index (Phi) is 2.42. The summed E-state index contributed by atoms with van der Waals surface area (Å²) in [5, 5.41) is 10.4. The molecule has 0 bridgehead atoms. The predicted molar refractivity (Wildman–Crippen MR) is 38.7 cm³/mol. The summed E-state index contributed by atoms with van der Waals surface area (Å²) in [5.41, 5.74) is 0. The molecule has 0 radical (unpaired) electrons. The van der Waals surface area contributed by atoms with Crippen molar-refractivity contribution in [2.24, 2.45) is 5.92 Å². The van der Waals surface area contributed by atoms with Crippen LogP contribution in [0.4, 0.5) is 4.39 Å². The maximum atomic E-state index is 12.6. The van der Waals surface area contributed by atoms with E-state index in [0.29, 0.717) is 19.3 Å². The fraction of sp³-hybridized carbons (Fsp3) is 1.00. The van der Waals surface area contributed by atoms with Gasteiger partial charge in [-0.2, -0.15) is 0 Å². The van der Waals surface area contributed by atoms with Crippen molar-refractivity contribution in [1.29, 1.82) is 0 Å². The van der Waals surface area contributed by atoms with E-state index in [1.54, 1.807) is 6.92 Å². The number of nitro groups is 1. The highest BCUT2D eigenvalue weighted by Gasteiger charge is 2.34. The largest absolute Gasteiger partial charge is 0.264 e. The SMILES string of the molecule is CC1CC(F)CCC1[N+](=O)[O-]. The second-order valence-electron chi connectivity index (χ2n) is 3.24. The minimum absolute atomic E-state index is 0.103. The molecule has 0 spiro atoms. The Balaban J connectivity index is 2.50. The zero-order valence-corrected chi connectivity index (χ0v) is 6.50. The first-order chi connectivity index (χ1) is 5.11. The topological polar surface area (TPSA) is 43.1 Å². The molecule has 1 aliphatic rings. The molecule has 1 aliphatic carbocycles. The number of alkyl halides is 1. The van der Waals surface area contributed by atoms with E-state index in [9.17, 15) is 14.5 Å². The van der Waals surface area contributed by atoms with Crippen molar-refractivity contribution < 1.29 is 9.31 Å². The van der Waals surface area contributed by atoms with Crippen LogP contribution in [0.25, 0.3) is 0 Å². The fourth-order valence-corrected chi connectivity index (χ4v) is 1.63. The van der Waals surface area contributed by atoms with E-state index in [-0.39, 0.29) is 10.8 Å². The highest BCUT2D eigenvalue weighted by Crippen LogP contribution is 2.27. The molecule has 4 heteroatoms. The molecule has 0 aromatic heterocycles. The first-order valence-electron chi connectivity index (χ1n) is 3.89. The molecule has 3 atom stereocenters. The third kappa shape index (κ3) is 1.88. The Hall–Kier alpha value is -0.670. The molecule has 1 rings (SSSR count). The van der Waals surface area contributed by atoms with Gasteiger partial charge in [0.2, 0.25) is 6.04 Å².